The number of aromatic nitrogens is 1. The topological polar surface area (TPSA) is 79.7 Å². The lowest BCUT2D eigenvalue weighted by molar-refractivity contribution is -0.121. The van der Waals surface area contributed by atoms with Crippen LogP contribution < -0.4 is 9.64 Å². The van der Waals surface area contributed by atoms with Crippen LogP contribution in [0.5, 0.6) is 5.88 Å². The molecule has 0 spiro atoms. The number of carboxylic acids is 1. The van der Waals surface area contributed by atoms with Crippen LogP contribution in [0, 0.1) is 5.82 Å². The Labute approximate surface area is 124 Å². The van der Waals surface area contributed by atoms with Crippen LogP contribution in [0.2, 0.25) is 0 Å². The maximum atomic E-state index is 12.9. The SMILES string of the molecule is O=C(O)c1cnc2c(c1)N(Cc1ccc(F)cc1)C(=O)CO2. The van der Waals surface area contributed by atoms with Gasteiger partial charge in [0.15, 0.2) is 6.61 Å². The van der Waals surface area contributed by atoms with E-state index in [9.17, 15) is 14.0 Å². The molecule has 112 valence electrons. The first-order valence-corrected chi connectivity index (χ1v) is 6.45. The van der Waals surface area contributed by atoms with E-state index in [1.165, 1.54) is 29.3 Å². The average Bonchev–Trinajstić information content (AvgIpc) is 2.51. The molecule has 6 nitrogen and oxygen atoms in total. The van der Waals surface area contributed by atoms with Gasteiger partial charge in [-0.2, -0.15) is 0 Å². The fourth-order valence-corrected chi connectivity index (χ4v) is 2.15. The lowest BCUT2D eigenvalue weighted by Gasteiger charge is -2.28. The van der Waals surface area contributed by atoms with Gasteiger partial charge in [-0.15, -0.1) is 0 Å². The van der Waals surface area contributed by atoms with Crippen LogP contribution in [0.4, 0.5) is 10.1 Å². The van der Waals surface area contributed by atoms with Gasteiger partial charge in [-0.05, 0) is 23.8 Å². The van der Waals surface area contributed by atoms with Crippen molar-refractivity contribution in [1.82, 2.24) is 4.98 Å². The highest BCUT2D eigenvalue weighted by atomic mass is 19.1. The molecule has 22 heavy (non-hydrogen) atoms. The third-order valence-electron chi connectivity index (χ3n) is 3.26. The fraction of sp³-hybridized carbons (Fsp3) is 0.133. The second-order valence-corrected chi connectivity index (χ2v) is 4.75. The van der Waals surface area contributed by atoms with Crippen LogP contribution >= 0.6 is 0 Å². The molecule has 0 radical (unpaired) electrons. The summed E-state index contributed by atoms with van der Waals surface area (Å²) >= 11 is 0. The van der Waals surface area contributed by atoms with Crippen molar-refractivity contribution in [1.29, 1.82) is 0 Å². The standard InChI is InChI=1S/C15H11FN2O4/c16-11-3-1-9(2-4-11)7-18-12-5-10(15(20)21)6-17-14(12)22-8-13(18)19/h1-6H,7-8H2,(H,20,21). The van der Waals surface area contributed by atoms with E-state index < -0.39 is 5.97 Å². The molecule has 1 aliphatic heterocycles. The molecular weight excluding hydrogens is 291 g/mol. The Morgan fingerprint density at radius 2 is 2.09 bits per heavy atom. The van der Waals surface area contributed by atoms with E-state index in [2.05, 4.69) is 4.98 Å². The highest BCUT2D eigenvalue weighted by Gasteiger charge is 2.27. The quantitative estimate of drug-likeness (QED) is 0.936. The van der Waals surface area contributed by atoms with E-state index in [1.807, 2.05) is 0 Å². The Hall–Kier alpha value is -2.96. The molecule has 1 aliphatic rings. The molecule has 3 rings (SSSR count). The number of rotatable bonds is 3. The number of benzene rings is 1. The summed E-state index contributed by atoms with van der Waals surface area (Å²) in [6, 6.07) is 7.06. The maximum Gasteiger partial charge on any atom is 0.337 e. The zero-order valence-corrected chi connectivity index (χ0v) is 11.3. The van der Waals surface area contributed by atoms with Gasteiger partial charge in [0.2, 0.25) is 5.88 Å². The van der Waals surface area contributed by atoms with Gasteiger partial charge in [-0.25, -0.2) is 14.2 Å². The summed E-state index contributed by atoms with van der Waals surface area (Å²) in [6.45, 7) is 0.00778. The largest absolute Gasteiger partial charge is 0.478 e. The average molecular weight is 302 g/mol. The number of carbonyl (C=O) groups is 2. The lowest BCUT2D eigenvalue weighted by atomic mass is 10.1. The highest BCUT2D eigenvalue weighted by molar-refractivity contribution is 5.99. The van der Waals surface area contributed by atoms with Gasteiger partial charge < -0.3 is 14.7 Å². The lowest BCUT2D eigenvalue weighted by Crippen LogP contribution is -2.38. The second-order valence-electron chi connectivity index (χ2n) is 4.75. The zero-order valence-electron chi connectivity index (χ0n) is 11.3. The number of hydrogen-bond donors (Lipinski definition) is 1. The van der Waals surface area contributed by atoms with Crippen molar-refractivity contribution in [3.05, 3.63) is 53.5 Å². The number of ether oxygens (including phenoxy) is 1. The Bertz CT molecular complexity index is 746. The van der Waals surface area contributed by atoms with Crippen LogP contribution in [-0.4, -0.2) is 28.6 Å². The van der Waals surface area contributed by atoms with E-state index >= 15 is 0 Å². The minimum Gasteiger partial charge on any atom is -0.478 e. The normalized spacial score (nSPS) is 13.5. The van der Waals surface area contributed by atoms with Gasteiger partial charge >= 0.3 is 5.97 Å². The monoisotopic (exact) mass is 302 g/mol. The third-order valence-corrected chi connectivity index (χ3v) is 3.26. The van der Waals surface area contributed by atoms with Crippen LogP contribution in [0.15, 0.2) is 36.5 Å². The number of halogens is 1. The highest BCUT2D eigenvalue weighted by Crippen LogP contribution is 2.31. The summed E-state index contributed by atoms with van der Waals surface area (Å²) < 4.78 is 18.1. The van der Waals surface area contributed by atoms with E-state index in [4.69, 9.17) is 9.84 Å². The molecule has 7 heteroatoms. The van der Waals surface area contributed by atoms with Crippen molar-refractivity contribution in [2.75, 3.05) is 11.5 Å². The molecule has 0 aliphatic carbocycles. The molecular formula is C15H11FN2O4. The number of hydrogen-bond acceptors (Lipinski definition) is 4. The van der Waals surface area contributed by atoms with Crippen molar-refractivity contribution in [2.45, 2.75) is 6.54 Å². The molecule has 1 aromatic heterocycles. The molecule has 0 unspecified atom stereocenters. The van der Waals surface area contributed by atoms with Crippen LogP contribution in [0.25, 0.3) is 0 Å². The number of amides is 1. The predicted molar refractivity (Wildman–Crippen MR) is 74.3 cm³/mol. The van der Waals surface area contributed by atoms with Gasteiger partial charge in [0.25, 0.3) is 5.91 Å². The molecule has 0 saturated carbocycles. The van der Waals surface area contributed by atoms with Gasteiger partial charge in [-0.3, -0.25) is 4.79 Å². The minimum absolute atomic E-state index is 0.0406. The maximum absolute atomic E-state index is 12.9. The summed E-state index contributed by atoms with van der Waals surface area (Å²) in [5.74, 6) is -1.63. The Balaban J connectivity index is 1.97. The summed E-state index contributed by atoms with van der Waals surface area (Å²) in [7, 11) is 0. The number of carboxylic acid groups (broad SMARTS) is 1. The first-order valence-electron chi connectivity index (χ1n) is 6.45. The molecule has 1 aromatic carbocycles. The van der Waals surface area contributed by atoms with Gasteiger partial charge in [-0.1, -0.05) is 12.1 Å². The van der Waals surface area contributed by atoms with Crippen molar-refractivity contribution in [2.24, 2.45) is 0 Å². The van der Waals surface area contributed by atoms with E-state index in [0.717, 1.165) is 0 Å². The number of pyridine rings is 1. The van der Waals surface area contributed by atoms with Crippen LogP contribution in [0.1, 0.15) is 15.9 Å². The molecule has 0 atom stereocenters. The second kappa shape index (κ2) is 5.44. The molecule has 1 N–H and O–H groups in total. The summed E-state index contributed by atoms with van der Waals surface area (Å²) in [5, 5.41) is 9.03. The Kier molecular flexibility index (Phi) is 3.46. The molecule has 2 heterocycles. The van der Waals surface area contributed by atoms with Crippen LogP contribution in [0.3, 0.4) is 0 Å². The number of nitrogens with zero attached hydrogens (tertiary/aromatic N) is 2. The van der Waals surface area contributed by atoms with Crippen molar-refractivity contribution in [3.63, 3.8) is 0 Å². The van der Waals surface area contributed by atoms with Crippen molar-refractivity contribution < 1.29 is 23.8 Å². The fourth-order valence-electron chi connectivity index (χ4n) is 2.15. The van der Waals surface area contributed by atoms with Gasteiger partial charge in [0.05, 0.1) is 12.1 Å². The van der Waals surface area contributed by atoms with Crippen LogP contribution in [-0.2, 0) is 11.3 Å². The Morgan fingerprint density at radius 1 is 1.36 bits per heavy atom. The third kappa shape index (κ3) is 2.60. The molecule has 0 bridgehead atoms. The summed E-state index contributed by atoms with van der Waals surface area (Å²) in [4.78, 5) is 28.4. The molecule has 0 saturated heterocycles. The number of fused-ring (bicyclic) bond motifs is 1. The first-order chi connectivity index (χ1) is 10.5. The summed E-state index contributed by atoms with van der Waals surface area (Å²) in [6.07, 6.45) is 1.17. The summed E-state index contributed by atoms with van der Waals surface area (Å²) in [5.41, 5.74) is 0.963. The smallest absolute Gasteiger partial charge is 0.337 e. The predicted octanol–water partition coefficient (Wildman–Crippen LogP) is 1.84. The minimum atomic E-state index is -1.14. The number of anilines is 1. The van der Waals surface area contributed by atoms with Gasteiger partial charge in [0, 0.05) is 6.20 Å². The number of carbonyl (C=O) groups excluding carboxylic acids is 1. The first kappa shape index (κ1) is 14.0. The zero-order chi connectivity index (χ0) is 15.7. The van der Waals surface area contributed by atoms with Crippen molar-refractivity contribution in [3.8, 4) is 5.88 Å². The number of aromatic carboxylic acids is 1. The van der Waals surface area contributed by atoms with E-state index in [1.54, 1.807) is 12.1 Å². The molecule has 1 amide bonds. The Morgan fingerprint density at radius 3 is 2.77 bits per heavy atom. The molecule has 2 aromatic rings. The van der Waals surface area contributed by atoms with E-state index in [0.29, 0.717) is 11.3 Å². The van der Waals surface area contributed by atoms with E-state index in [-0.39, 0.29) is 36.3 Å². The van der Waals surface area contributed by atoms with Crippen molar-refractivity contribution >= 4 is 17.6 Å². The van der Waals surface area contributed by atoms with Gasteiger partial charge in [0.1, 0.15) is 11.5 Å². The molecule has 0 fully saturated rings.